The van der Waals surface area contributed by atoms with E-state index in [0.29, 0.717) is 4.88 Å². The van der Waals surface area contributed by atoms with Crippen LogP contribution in [0.15, 0.2) is 24.5 Å². The fourth-order valence-electron chi connectivity index (χ4n) is 2.15. The summed E-state index contributed by atoms with van der Waals surface area (Å²) in [4.78, 5) is 16.8. The molecular formula is C14H16F3N3O2S. The Bertz CT molecular complexity index is 695. The first kappa shape index (κ1) is 17.5. The lowest BCUT2D eigenvalue weighted by atomic mass is 9.97. The number of halogens is 3. The van der Waals surface area contributed by atoms with Gasteiger partial charge in [0.15, 0.2) is 0 Å². The SMILES string of the molecule is Cc1ccc(C(=O)NCCC(O)(c2nccn2C)C(F)(F)F)s1. The summed E-state index contributed by atoms with van der Waals surface area (Å²) < 4.78 is 41.0. The Morgan fingerprint density at radius 2 is 2.13 bits per heavy atom. The van der Waals surface area contributed by atoms with Crippen molar-refractivity contribution in [1.82, 2.24) is 14.9 Å². The number of hydrogen-bond donors (Lipinski definition) is 2. The standard InChI is InChI=1S/C14H16F3N3O2S/c1-9-3-4-10(23-9)11(21)18-6-5-13(22,14(15,16)17)12-19-7-8-20(12)2/h3-4,7-8,22H,5-6H2,1-2H3,(H,18,21). The van der Waals surface area contributed by atoms with Gasteiger partial charge < -0.3 is 15.0 Å². The Balaban J connectivity index is 2.08. The topological polar surface area (TPSA) is 67.2 Å². The molecule has 2 aromatic rings. The van der Waals surface area contributed by atoms with Crippen LogP contribution < -0.4 is 5.32 Å². The molecule has 2 rings (SSSR count). The maximum absolute atomic E-state index is 13.3. The molecule has 0 aliphatic carbocycles. The van der Waals surface area contributed by atoms with Gasteiger partial charge >= 0.3 is 6.18 Å². The number of carbonyl (C=O) groups is 1. The molecule has 0 aliphatic heterocycles. The summed E-state index contributed by atoms with van der Waals surface area (Å²) in [6.45, 7) is 1.49. The third kappa shape index (κ3) is 3.56. The zero-order chi connectivity index (χ0) is 17.3. The number of rotatable bonds is 5. The smallest absolute Gasteiger partial charge is 0.374 e. The molecule has 5 nitrogen and oxygen atoms in total. The summed E-state index contributed by atoms with van der Waals surface area (Å²) in [7, 11) is 1.37. The van der Waals surface area contributed by atoms with Crippen molar-refractivity contribution in [2.75, 3.05) is 6.54 Å². The van der Waals surface area contributed by atoms with Gasteiger partial charge in [0.25, 0.3) is 5.91 Å². The third-order valence-electron chi connectivity index (χ3n) is 3.40. The summed E-state index contributed by atoms with van der Waals surface area (Å²) in [5.41, 5.74) is -3.12. The second kappa shape index (κ2) is 6.32. The average Bonchev–Trinajstić information content (AvgIpc) is 3.06. The largest absolute Gasteiger partial charge is 0.424 e. The number of carbonyl (C=O) groups excluding carboxylic acids is 1. The number of hydrogen-bond acceptors (Lipinski definition) is 4. The van der Waals surface area contributed by atoms with Crippen molar-refractivity contribution in [3.05, 3.63) is 40.1 Å². The van der Waals surface area contributed by atoms with Crippen molar-refractivity contribution in [2.24, 2.45) is 7.05 Å². The number of aliphatic hydroxyl groups is 1. The van der Waals surface area contributed by atoms with E-state index >= 15 is 0 Å². The molecule has 2 aromatic heterocycles. The molecule has 2 N–H and O–H groups in total. The third-order valence-corrected chi connectivity index (χ3v) is 4.40. The molecule has 0 bridgehead atoms. The van der Waals surface area contributed by atoms with Crippen molar-refractivity contribution < 1.29 is 23.1 Å². The van der Waals surface area contributed by atoms with Crippen LogP contribution in [0.2, 0.25) is 0 Å². The minimum Gasteiger partial charge on any atom is -0.374 e. The second-order valence-corrected chi connectivity index (χ2v) is 6.42. The van der Waals surface area contributed by atoms with Gasteiger partial charge in [-0.1, -0.05) is 0 Å². The van der Waals surface area contributed by atoms with Crippen LogP contribution >= 0.6 is 11.3 Å². The minimum absolute atomic E-state index is 0.335. The van der Waals surface area contributed by atoms with Crippen LogP contribution in [0.3, 0.4) is 0 Å². The number of nitrogens with one attached hydrogen (secondary N) is 1. The van der Waals surface area contributed by atoms with Crippen molar-refractivity contribution in [1.29, 1.82) is 0 Å². The van der Waals surface area contributed by atoms with E-state index in [9.17, 15) is 23.1 Å². The number of aromatic nitrogens is 2. The van der Waals surface area contributed by atoms with E-state index in [1.54, 1.807) is 12.1 Å². The van der Waals surface area contributed by atoms with E-state index in [4.69, 9.17) is 0 Å². The van der Waals surface area contributed by atoms with Crippen LogP contribution in [0.5, 0.6) is 0 Å². The van der Waals surface area contributed by atoms with Gasteiger partial charge in [-0.2, -0.15) is 13.2 Å². The van der Waals surface area contributed by atoms with E-state index in [0.717, 1.165) is 9.44 Å². The van der Waals surface area contributed by atoms with Crippen molar-refractivity contribution in [3.8, 4) is 0 Å². The molecule has 0 saturated carbocycles. The second-order valence-electron chi connectivity index (χ2n) is 5.14. The Labute approximate surface area is 134 Å². The predicted octanol–water partition coefficient (Wildman–Crippen LogP) is 2.36. The van der Waals surface area contributed by atoms with Crippen LogP contribution in [0.4, 0.5) is 13.2 Å². The van der Waals surface area contributed by atoms with Crippen LogP contribution in [0.25, 0.3) is 0 Å². The van der Waals surface area contributed by atoms with Crippen LogP contribution in [-0.4, -0.2) is 33.3 Å². The first-order valence-corrected chi connectivity index (χ1v) is 7.58. The van der Waals surface area contributed by atoms with Crippen LogP contribution in [0, 0.1) is 6.92 Å². The lowest BCUT2D eigenvalue weighted by Gasteiger charge is -2.29. The predicted molar refractivity (Wildman–Crippen MR) is 79.2 cm³/mol. The highest BCUT2D eigenvalue weighted by Crippen LogP contribution is 2.40. The summed E-state index contributed by atoms with van der Waals surface area (Å²) in [5.74, 6) is -0.973. The van der Waals surface area contributed by atoms with E-state index in [1.165, 1.54) is 30.8 Å². The molecule has 0 aromatic carbocycles. The molecule has 0 fully saturated rings. The normalized spacial score (nSPS) is 14.5. The Morgan fingerprint density at radius 3 is 2.61 bits per heavy atom. The lowest BCUT2D eigenvalue weighted by Crippen LogP contribution is -2.46. The molecule has 1 unspecified atom stereocenters. The van der Waals surface area contributed by atoms with Gasteiger partial charge in [-0.15, -0.1) is 11.3 Å². The Hall–Kier alpha value is -1.87. The van der Waals surface area contributed by atoms with Gasteiger partial charge in [0.1, 0.15) is 5.82 Å². The van der Waals surface area contributed by atoms with Crippen molar-refractivity contribution in [2.45, 2.75) is 25.1 Å². The number of alkyl halides is 3. The van der Waals surface area contributed by atoms with E-state index in [1.807, 2.05) is 6.92 Å². The molecule has 2 heterocycles. The first-order valence-electron chi connectivity index (χ1n) is 6.76. The summed E-state index contributed by atoms with van der Waals surface area (Å²) in [6.07, 6.45) is -3.13. The van der Waals surface area contributed by atoms with Gasteiger partial charge in [-0.05, 0) is 19.1 Å². The summed E-state index contributed by atoms with van der Waals surface area (Å²) >= 11 is 1.25. The maximum atomic E-state index is 13.3. The average molecular weight is 347 g/mol. The van der Waals surface area contributed by atoms with Crippen molar-refractivity contribution >= 4 is 17.2 Å². The van der Waals surface area contributed by atoms with Gasteiger partial charge in [0.2, 0.25) is 5.60 Å². The molecule has 1 atom stereocenters. The lowest BCUT2D eigenvalue weighted by molar-refractivity contribution is -0.272. The number of aryl methyl sites for hydroxylation is 2. The van der Waals surface area contributed by atoms with E-state index in [-0.39, 0.29) is 6.54 Å². The highest BCUT2D eigenvalue weighted by molar-refractivity contribution is 7.13. The van der Waals surface area contributed by atoms with E-state index in [2.05, 4.69) is 10.3 Å². The molecule has 9 heteroatoms. The van der Waals surface area contributed by atoms with E-state index < -0.39 is 29.9 Å². The van der Waals surface area contributed by atoms with Gasteiger partial charge in [-0.25, -0.2) is 4.98 Å². The van der Waals surface area contributed by atoms with Gasteiger partial charge in [0, 0.05) is 37.3 Å². The summed E-state index contributed by atoms with van der Waals surface area (Å²) in [5, 5.41) is 12.5. The molecular weight excluding hydrogens is 331 g/mol. The van der Waals surface area contributed by atoms with Crippen LogP contribution in [0.1, 0.15) is 26.8 Å². The number of amides is 1. The fourth-order valence-corrected chi connectivity index (χ4v) is 2.93. The van der Waals surface area contributed by atoms with Gasteiger partial charge in [0.05, 0.1) is 4.88 Å². The Morgan fingerprint density at radius 1 is 1.43 bits per heavy atom. The highest BCUT2D eigenvalue weighted by atomic mass is 32.1. The molecule has 23 heavy (non-hydrogen) atoms. The number of nitrogens with zero attached hydrogens (tertiary/aromatic N) is 2. The Kier molecular flexibility index (Phi) is 4.81. The highest BCUT2D eigenvalue weighted by Gasteiger charge is 2.57. The molecule has 0 radical (unpaired) electrons. The molecule has 126 valence electrons. The maximum Gasteiger partial charge on any atom is 0.424 e. The van der Waals surface area contributed by atoms with Gasteiger partial charge in [-0.3, -0.25) is 4.79 Å². The zero-order valence-corrected chi connectivity index (χ0v) is 13.3. The minimum atomic E-state index is -4.91. The first-order chi connectivity index (χ1) is 10.6. The molecule has 0 saturated heterocycles. The van der Waals surface area contributed by atoms with Crippen molar-refractivity contribution in [3.63, 3.8) is 0 Å². The zero-order valence-electron chi connectivity index (χ0n) is 12.5. The quantitative estimate of drug-likeness (QED) is 0.873. The number of imidazole rings is 1. The fraction of sp³-hybridized carbons (Fsp3) is 0.429. The summed E-state index contributed by atoms with van der Waals surface area (Å²) in [6, 6.07) is 3.35. The number of thiophene rings is 1. The monoisotopic (exact) mass is 347 g/mol. The molecule has 0 spiro atoms. The molecule has 1 amide bonds. The van der Waals surface area contributed by atoms with Crippen LogP contribution in [-0.2, 0) is 12.6 Å². The molecule has 0 aliphatic rings.